The molecule has 0 aliphatic carbocycles. The highest BCUT2D eigenvalue weighted by molar-refractivity contribution is 5.88. The fourth-order valence-corrected chi connectivity index (χ4v) is 2.06. The average molecular weight is 277 g/mol. The third kappa shape index (κ3) is 3.45. The van der Waals surface area contributed by atoms with E-state index < -0.39 is 5.97 Å². The molecule has 1 N–H and O–H groups in total. The maximum atomic E-state index is 12.8. The number of carboxylic acid groups (broad SMARTS) is 1. The first-order valence-electron chi connectivity index (χ1n) is 6.21. The highest BCUT2D eigenvalue weighted by atomic mass is 19.1. The molecular formula is C15H16FNO3. The van der Waals surface area contributed by atoms with Gasteiger partial charge < -0.3 is 9.52 Å². The highest BCUT2D eigenvalue weighted by Gasteiger charge is 2.14. The van der Waals surface area contributed by atoms with Crippen LogP contribution in [0.15, 0.2) is 34.7 Å². The number of carbonyl (C=O) groups is 1. The Kier molecular flexibility index (Phi) is 4.20. The van der Waals surface area contributed by atoms with E-state index in [2.05, 4.69) is 0 Å². The number of hydrogen-bond donors (Lipinski definition) is 1. The summed E-state index contributed by atoms with van der Waals surface area (Å²) in [5.41, 5.74) is 1.17. The van der Waals surface area contributed by atoms with Crippen LogP contribution in [0.2, 0.25) is 0 Å². The summed E-state index contributed by atoms with van der Waals surface area (Å²) in [6.07, 6.45) is 0. The Morgan fingerprint density at radius 2 is 1.95 bits per heavy atom. The molecule has 0 saturated carbocycles. The molecule has 1 aromatic carbocycles. The van der Waals surface area contributed by atoms with Gasteiger partial charge in [-0.3, -0.25) is 4.90 Å². The van der Waals surface area contributed by atoms with Crippen LogP contribution in [0, 0.1) is 12.7 Å². The number of aromatic carboxylic acids is 1. The molecule has 0 aliphatic rings. The lowest BCUT2D eigenvalue weighted by molar-refractivity contribution is 0.0695. The number of furan rings is 1. The minimum Gasteiger partial charge on any atom is -0.478 e. The van der Waals surface area contributed by atoms with Crippen LogP contribution in [0.3, 0.4) is 0 Å². The van der Waals surface area contributed by atoms with Gasteiger partial charge in [0.15, 0.2) is 0 Å². The molecule has 106 valence electrons. The van der Waals surface area contributed by atoms with Crippen LogP contribution in [0.5, 0.6) is 0 Å². The highest BCUT2D eigenvalue weighted by Crippen LogP contribution is 2.17. The van der Waals surface area contributed by atoms with Gasteiger partial charge >= 0.3 is 5.97 Å². The van der Waals surface area contributed by atoms with Gasteiger partial charge in [-0.1, -0.05) is 12.1 Å². The molecule has 0 fully saturated rings. The Labute approximate surface area is 116 Å². The van der Waals surface area contributed by atoms with Gasteiger partial charge in [0.1, 0.15) is 22.9 Å². The summed E-state index contributed by atoms with van der Waals surface area (Å²) >= 11 is 0. The molecule has 1 aromatic heterocycles. The molecule has 0 saturated heterocycles. The SMILES string of the molecule is Cc1oc(CN(C)Cc2ccc(F)cc2)cc1C(=O)O. The summed E-state index contributed by atoms with van der Waals surface area (Å²) in [7, 11) is 1.89. The zero-order valence-corrected chi connectivity index (χ0v) is 11.4. The fourth-order valence-electron chi connectivity index (χ4n) is 2.06. The van der Waals surface area contributed by atoms with Crippen LogP contribution in [0.1, 0.15) is 27.4 Å². The second-order valence-corrected chi connectivity index (χ2v) is 4.79. The molecule has 20 heavy (non-hydrogen) atoms. The second kappa shape index (κ2) is 5.88. The van der Waals surface area contributed by atoms with Crippen LogP contribution in [-0.4, -0.2) is 23.0 Å². The third-order valence-corrected chi connectivity index (χ3v) is 2.99. The van der Waals surface area contributed by atoms with Gasteiger partial charge in [0.25, 0.3) is 0 Å². The topological polar surface area (TPSA) is 53.7 Å². The van der Waals surface area contributed by atoms with Gasteiger partial charge in [0.05, 0.1) is 6.54 Å². The second-order valence-electron chi connectivity index (χ2n) is 4.79. The van der Waals surface area contributed by atoms with Crippen molar-refractivity contribution in [2.45, 2.75) is 20.0 Å². The van der Waals surface area contributed by atoms with Crippen molar-refractivity contribution in [1.29, 1.82) is 0 Å². The first-order chi connectivity index (χ1) is 9.45. The molecule has 0 atom stereocenters. The quantitative estimate of drug-likeness (QED) is 0.912. The van der Waals surface area contributed by atoms with Crippen molar-refractivity contribution in [3.05, 3.63) is 58.8 Å². The van der Waals surface area contributed by atoms with Crippen molar-refractivity contribution in [1.82, 2.24) is 4.90 Å². The third-order valence-electron chi connectivity index (χ3n) is 2.99. The normalized spacial score (nSPS) is 11.0. The summed E-state index contributed by atoms with van der Waals surface area (Å²) in [6, 6.07) is 7.83. The average Bonchev–Trinajstić information content (AvgIpc) is 2.73. The fraction of sp³-hybridized carbons (Fsp3) is 0.267. The summed E-state index contributed by atoms with van der Waals surface area (Å²) in [4.78, 5) is 12.9. The number of nitrogens with zero attached hydrogens (tertiary/aromatic N) is 1. The molecule has 0 spiro atoms. The molecule has 1 heterocycles. The van der Waals surface area contributed by atoms with Crippen molar-refractivity contribution >= 4 is 5.97 Å². The van der Waals surface area contributed by atoms with Crippen molar-refractivity contribution in [2.24, 2.45) is 0 Å². The summed E-state index contributed by atoms with van der Waals surface area (Å²) in [5, 5.41) is 8.97. The monoisotopic (exact) mass is 277 g/mol. The molecule has 4 nitrogen and oxygen atoms in total. The smallest absolute Gasteiger partial charge is 0.339 e. The van der Waals surface area contributed by atoms with Crippen LogP contribution >= 0.6 is 0 Å². The number of rotatable bonds is 5. The molecule has 0 amide bonds. The predicted molar refractivity (Wildman–Crippen MR) is 72.0 cm³/mol. The molecule has 5 heteroatoms. The minimum atomic E-state index is -0.987. The van der Waals surface area contributed by atoms with Gasteiger partial charge in [0.2, 0.25) is 0 Å². The summed E-state index contributed by atoms with van der Waals surface area (Å²) in [6.45, 7) is 2.75. The Morgan fingerprint density at radius 3 is 2.50 bits per heavy atom. The Bertz CT molecular complexity index is 604. The molecule has 2 rings (SSSR count). The van der Waals surface area contributed by atoms with E-state index in [1.165, 1.54) is 12.1 Å². The predicted octanol–water partition coefficient (Wildman–Crippen LogP) is 3.06. The number of halogens is 1. The zero-order valence-electron chi connectivity index (χ0n) is 11.4. The number of hydrogen-bond acceptors (Lipinski definition) is 3. The van der Waals surface area contributed by atoms with Gasteiger partial charge in [-0.2, -0.15) is 0 Å². The van der Waals surface area contributed by atoms with Crippen molar-refractivity contribution in [3.8, 4) is 0 Å². The Balaban J connectivity index is 2.00. The Morgan fingerprint density at radius 1 is 1.30 bits per heavy atom. The van der Waals surface area contributed by atoms with E-state index in [9.17, 15) is 9.18 Å². The van der Waals surface area contributed by atoms with E-state index in [1.54, 1.807) is 25.1 Å². The van der Waals surface area contributed by atoms with Crippen LogP contribution in [0.25, 0.3) is 0 Å². The summed E-state index contributed by atoms with van der Waals surface area (Å²) < 4.78 is 18.2. The van der Waals surface area contributed by atoms with Gasteiger partial charge in [-0.25, -0.2) is 9.18 Å². The maximum absolute atomic E-state index is 12.8. The van der Waals surface area contributed by atoms with Crippen molar-refractivity contribution in [2.75, 3.05) is 7.05 Å². The van der Waals surface area contributed by atoms with Crippen LogP contribution in [0.4, 0.5) is 4.39 Å². The van der Waals surface area contributed by atoms with E-state index >= 15 is 0 Å². The molecule has 0 aliphatic heterocycles. The summed E-state index contributed by atoms with van der Waals surface area (Å²) in [5.74, 6) is -0.241. The number of benzene rings is 1. The lowest BCUT2D eigenvalue weighted by atomic mass is 10.2. The molecule has 0 bridgehead atoms. The molecular weight excluding hydrogens is 261 g/mol. The van der Waals surface area contributed by atoms with Crippen molar-refractivity contribution in [3.63, 3.8) is 0 Å². The molecule has 0 unspecified atom stereocenters. The zero-order chi connectivity index (χ0) is 14.7. The lowest BCUT2D eigenvalue weighted by Gasteiger charge is -2.15. The lowest BCUT2D eigenvalue weighted by Crippen LogP contribution is -2.16. The Hall–Kier alpha value is -2.14. The standard InChI is InChI=1S/C15H16FNO3/c1-10-14(15(18)19)7-13(20-10)9-17(2)8-11-3-5-12(16)6-4-11/h3-7H,8-9H2,1-2H3,(H,18,19). The number of carboxylic acids is 1. The first kappa shape index (κ1) is 14.3. The van der Waals surface area contributed by atoms with E-state index in [0.29, 0.717) is 24.6 Å². The maximum Gasteiger partial charge on any atom is 0.339 e. The van der Waals surface area contributed by atoms with E-state index in [0.717, 1.165) is 5.56 Å². The van der Waals surface area contributed by atoms with E-state index in [4.69, 9.17) is 9.52 Å². The molecule has 2 aromatic rings. The number of aryl methyl sites for hydroxylation is 1. The largest absolute Gasteiger partial charge is 0.478 e. The van der Waals surface area contributed by atoms with E-state index in [-0.39, 0.29) is 11.4 Å². The first-order valence-corrected chi connectivity index (χ1v) is 6.21. The van der Waals surface area contributed by atoms with Crippen molar-refractivity contribution < 1.29 is 18.7 Å². The minimum absolute atomic E-state index is 0.190. The molecule has 0 radical (unpaired) electrons. The van der Waals surface area contributed by atoms with Gasteiger partial charge in [-0.15, -0.1) is 0 Å². The van der Waals surface area contributed by atoms with E-state index in [1.807, 2.05) is 11.9 Å². The van der Waals surface area contributed by atoms with Crippen LogP contribution in [-0.2, 0) is 13.1 Å². The van der Waals surface area contributed by atoms with Gasteiger partial charge in [0, 0.05) is 6.54 Å². The van der Waals surface area contributed by atoms with Crippen LogP contribution < -0.4 is 0 Å². The van der Waals surface area contributed by atoms with Gasteiger partial charge in [-0.05, 0) is 37.7 Å².